The first-order valence-electron chi connectivity index (χ1n) is 9.27. The lowest BCUT2D eigenvalue weighted by Crippen LogP contribution is -2.41. The number of hydrogen-bond donors (Lipinski definition) is 2. The van der Waals surface area contributed by atoms with E-state index in [2.05, 4.69) is 34.4 Å². The molecule has 5 nitrogen and oxygen atoms in total. The third-order valence-corrected chi connectivity index (χ3v) is 4.63. The van der Waals surface area contributed by atoms with E-state index in [1.807, 2.05) is 31.2 Å². The molecule has 1 aliphatic heterocycles. The molecule has 1 aromatic carbocycles. The Hall–Kier alpha value is -0.730. The van der Waals surface area contributed by atoms with Gasteiger partial charge in [0.15, 0.2) is 5.96 Å². The highest BCUT2D eigenvalue weighted by Crippen LogP contribution is 2.17. The number of nitrogens with zero attached hydrogens (tertiary/aromatic N) is 2. The molecule has 0 aliphatic carbocycles. The molecule has 1 aliphatic rings. The molecule has 0 spiro atoms. The van der Waals surface area contributed by atoms with Gasteiger partial charge in [0.25, 0.3) is 0 Å². The maximum absolute atomic E-state index is 5.90. The van der Waals surface area contributed by atoms with Gasteiger partial charge >= 0.3 is 0 Å². The zero-order valence-corrected chi connectivity index (χ0v) is 19.1. The molecular weight excluding hydrogens is 463 g/mol. The van der Waals surface area contributed by atoms with E-state index < -0.39 is 0 Å². The summed E-state index contributed by atoms with van der Waals surface area (Å²) in [5, 5.41) is 7.50. The van der Waals surface area contributed by atoms with Gasteiger partial charge in [-0.25, -0.2) is 4.99 Å². The Kier molecular flexibility index (Phi) is 11.3. The van der Waals surface area contributed by atoms with Crippen molar-refractivity contribution in [3.05, 3.63) is 29.3 Å². The van der Waals surface area contributed by atoms with E-state index in [-0.39, 0.29) is 30.1 Å². The highest BCUT2D eigenvalue weighted by Gasteiger charge is 2.21. The van der Waals surface area contributed by atoms with Crippen molar-refractivity contribution < 1.29 is 4.74 Å². The van der Waals surface area contributed by atoms with E-state index >= 15 is 0 Å². The predicted octanol–water partition coefficient (Wildman–Crippen LogP) is 3.62. The van der Waals surface area contributed by atoms with Gasteiger partial charge in [-0.1, -0.05) is 18.5 Å². The Bertz CT molecular complexity index is 541. The van der Waals surface area contributed by atoms with Gasteiger partial charge in [0.05, 0.1) is 6.54 Å². The molecule has 2 N–H and O–H groups in total. The van der Waals surface area contributed by atoms with E-state index in [1.165, 1.54) is 19.5 Å². The molecule has 0 aromatic heterocycles. The van der Waals surface area contributed by atoms with Crippen LogP contribution in [0.25, 0.3) is 0 Å². The summed E-state index contributed by atoms with van der Waals surface area (Å²) < 4.78 is 5.88. The number of rotatable bonds is 8. The number of hydrogen-bond acceptors (Lipinski definition) is 3. The van der Waals surface area contributed by atoms with Crippen LogP contribution in [0.3, 0.4) is 0 Å². The molecule has 1 heterocycles. The third-order valence-electron chi connectivity index (χ3n) is 4.38. The van der Waals surface area contributed by atoms with Crippen LogP contribution in [0.15, 0.2) is 29.3 Å². The summed E-state index contributed by atoms with van der Waals surface area (Å²) >= 11 is 5.90. The molecule has 148 valence electrons. The van der Waals surface area contributed by atoms with Gasteiger partial charge in [0.2, 0.25) is 0 Å². The van der Waals surface area contributed by atoms with E-state index in [1.54, 1.807) is 0 Å². The zero-order valence-electron chi connectivity index (χ0n) is 16.0. The van der Waals surface area contributed by atoms with Crippen LogP contribution in [0, 0.1) is 5.92 Å². The van der Waals surface area contributed by atoms with Crippen molar-refractivity contribution in [1.29, 1.82) is 0 Å². The lowest BCUT2D eigenvalue weighted by Gasteiger charge is -2.17. The Morgan fingerprint density at radius 3 is 2.65 bits per heavy atom. The summed E-state index contributed by atoms with van der Waals surface area (Å²) in [6.45, 7) is 12.3. The van der Waals surface area contributed by atoms with Gasteiger partial charge in [-0.05, 0) is 63.5 Å². The third kappa shape index (κ3) is 8.31. The summed E-state index contributed by atoms with van der Waals surface area (Å²) in [6.07, 6.45) is 1.26. The smallest absolute Gasteiger partial charge is 0.191 e. The maximum atomic E-state index is 5.90. The second kappa shape index (κ2) is 12.6. The largest absolute Gasteiger partial charge is 0.489 e. The summed E-state index contributed by atoms with van der Waals surface area (Å²) in [5.74, 6) is 2.38. The summed E-state index contributed by atoms with van der Waals surface area (Å²) in [4.78, 5) is 7.16. The first kappa shape index (κ1) is 23.3. The minimum absolute atomic E-state index is 0. The number of ether oxygens (including phenoxy) is 1. The second-order valence-electron chi connectivity index (χ2n) is 6.53. The van der Waals surface area contributed by atoms with Crippen LogP contribution in [0.1, 0.15) is 27.2 Å². The number of guanidine groups is 1. The number of nitrogens with one attached hydrogen (secondary N) is 2. The first-order valence-corrected chi connectivity index (χ1v) is 9.65. The van der Waals surface area contributed by atoms with Gasteiger partial charge < -0.3 is 20.3 Å². The predicted molar refractivity (Wildman–Crippen MR) is 121 cm³/mol. The molecule has 2 atom stereocenters. The molecule has 0 bridgehead atoms. The highest BCUT2D eigenvalue weighted by molar-refractivity contribution is 14.0. The summed E-state index contributed by atoms with van der Waals surface area (Å²) in [6, 6.07) is 7.43. The van der Waals surface area contributed by atoms with E-state index in [0.717, 1.165) is 31.3 Å². The fraction of sp³-hybridized carbons (Fsp3) is 0.632. The molecule has 2 rings (SSSR count). The standard InChI is InChI=1S/C19H31ClN4O.HI/c1-4-21-19(23-13-16-10-11-24(5-2)14-16)22-12-15(3)25-18-8-6-17(20)7-9-18;/h6-9,15-16H,4-5,10-14H2,1-3H3,(H2,21,22,23);1H. The summed E-state index contributed by atoms with van der Waals surface area (Å²) in [5.41, 5.74) is 0. The number of likely N-dealkylation sites (tertiary alicyclic amines) is 1. The highest BCUT2D eigenvalue weighted by atomic mass is 127. The van der Waals surface area contributed by atoms with Gasteiger partial charge in [-0.15, -0.1) is 24.0 Å². The lowest BCUT2D eigenvalue weighted by molar-refractivity contribution is 0.230. The van der Waals surface area contributed by atoms with Crippen LogP contribution in [0.5, 0.6) is 5.75 Å². The van der Waals surface area contributed by atoms with E-state index in [9.17, 15) is 0 Å². The Balaban J connectivity index is 0.00000338. The van der Waals surface area contributed by atoms with Crippen LogP contribution in [0.2, 0.25) is 5.02 Å². The molecule has 1 aromatic rings. The fourth-order valence-electron chi connectivity index (χ4n) is 2.95. The molecule has 0 radical (unpaired) electrons. The van der Waals surface area contributed by atoms with Crippen molar-refractivity contribution >= 4 is 41.5 Å². The Morgan fingerprint density at radius 1 is 1.31 bits per heavy atom. The molecule has 1 saturated heterocycles. The summed E-state index contributed by atoms with van der Waals surface area (Å²) in [7, 11) is 0. The van der Waals surface area contributed by atoms with Crippen molar-refractivity contribution in [3.63, 3.8) is 0 Å². The quantitative estimate of drug-likeness (QED) is 0.329. The molecule has 26 heavy (non-hydrogen) atoms. The Morgan fingerprint density at radius 2 is 2.04 bits per heavy atom. The van der Waals surface area contributed by atoms with Crippen molar-refractivity contribution in [3.8, 4) is 5.75 Å². The molecule has 7 heteroatoms. The topological polar surface area (TPSA) is 48.9 Å². The molecule has 0 amide bonds. The molecular formula is C19H32ClIN4O. The maximum Gasteiger partial charge on any atom is 0.191 e. The van der Waals surface area contributed by atoms with Gasteiger partial charge in [0, 0.05) is 24.7 Å². The van der Waals surface area contributed by atoms with Crippen molar-refractivity contribution in [1.82, 2.24) is 15.5 Å². The average molecular weight is 495 g/mol. The van der Waals surface area contributed by atoms with Crippen LogP contribution in [0.4, 0.5) is 0 Å². The monoisotopic (exact) mass is 494 g/mol. The van der Waals surface area contributed by atoms with Gasteiger partial charge in [-0.3, -0.25) is 0 Å². The number of aliphatic imine (C=N–C) groups is 1. The average Bonchev–Trinajstić information content (AvgIpc) is 3.07. The minimum Gasteiger partial charge on any atom is -0.489 e. The zero-order chi connectivity index (χ0) is 18.1. The van der Waals surface area contributed by atoms with Gasteiger partial charge in [-0.2, -0.15) is 0 Å². The van der Waals surface area contributed by atoms with E-state index in [0.29, 0.717) is 17.5 Å². The fourth-order valence-corrected chi connectivity index (χ4v) is 3.08. The second-order valence-corrected chi connectivity index (χ2v) is 6.97. The molecule has 1 fully saturated rings. The van der Waals surface area contributed by atoms with Crippen molar-refractivity contribution in [2.75, 3.05) is 39.3 Å². The lowest BCUT2D eigenvalue weighted by atomic mass is 10.1. The Labute approximate surface area is 179 Å². The van der Waals surface area contributed by atoms with Crippen molar-refractivity contribution in [2.24, 2.45) is 10.9 Å². The first-order chi connectivity index (χ1) is 12.1. The van der Waals surface area contributed by atoms with Crippen LogP contribution >= 0.6 is 35.6 Å². The molecule has 2 unspecified atom stereocenters. The van der Waals surface area contributed by atoms with E-state index in [4.69, 9.17) is 16.3 Å². The van der Waals surface area contributed by atoms with Crippen molar-refractivity contribution in [2.45, 2.75) is 33.3 Å². The molecule has 0 saturated carbocycles. The minimum atomic E-state index is -0.00121. The number of halogens is 2. The van der Waals surface area contributed by atoms with Crippen LogP contribution < -0.4 is 15.4 Å². The number of benzene rings is 1. The SMILES string of the molecule is CCNC(=NCC(C)Oc1ccc(Cl)cc1)NCC1CCN(CC)C1.I. The van der Waals surface area contributed by atoms with Gasteiger partial charge in [0.1, 0.15) is 11.9 Å². The van der Waals surface area contributed by atoms with Crippen LogP contribution in [-0.2, 0) is 0 Å². The normalized spacial score (nSPS) is 18.9. The van der Waals surface area contributed by atoms with Crippen LogP contribution in [-0.4, -0.2) is 56.2 Å².